The van der Waals surface area contributed by atoms with Gasteiger partial charge in [0.2, 0.25) is 0 Å². The summed E-state index contributed by atoms with van der Waals surface area (Å²) in [5.41, 5.74) is 4.30. The van der Waals surface area contributed by atoms with Crippen molar-refractivity contribution in [2.45, 2.75) is 36.5 Å². The van der Waals surface area contributed by atoms with Crippen molar-refractivity contribution in [2.24, 2.45) is 5.10 Å². The molecule has 0 aliphatic heterocycles. The molecule has 0 saturated heterocycles. The Hall–Kier alpha value is -2.10. The number of para-hydroxylation sites is 1. The molecule has 0 saturated carbocycles. The summed E-state index contributed by atoms with van der Waals surface area (Å²) in [6, 6.07) is 11.6. The van der Waals surface area contributed by atoms with Crippen LogP contribution in [-0.2, 0) is 4.79 Å². The Labute approximate surface area is 192 Å². The molecule has 0 aliphatic carbocycles. The molecule has 30 heavy (non-hydrogen) atoms. The van der Waals surface area contributed by atoms with E-state index in [1.807, 2.05) is 51.1 Å². The lowest BCUT2D eigenvalue weighted by atomic mass is 10.2. The Morgan fingerprint density at radius 2 is 2.07 bits per heavy atom. The third-order valence-electron chi connectivity index (χ3n) is 3.91. The summed E-state index contributed by atoms with van der Waals surface area (Å²) in [4.78, 5) is 16.9. The van der Waals surface area contributed by atoms with Gasteiger partial charge in [-0.25, -0.2) is 10.4 Å². The van der Waals surface area contributed by atoms with E-state index in [0.29, 0.717) is 11.5 Å². The van der Waals surface area contributed by atoms with Crippen LogP contribution in [0, 0.1) is 0 Å². The fourth-order valence-electron chi connectivity index (χ4n) is 2.53. The van der Waals surface area contributed by atoms with Crippen LogP contribution in [0.3, 0.4) is 0 Å². The Morgan fingerprint density at radius 1 is 1.30 bits per heavy atom. The van der Waals surface area contributed by atoms with Gasteiger partial charge in [-0.15, -0.1) is 11.3 Å². The molecule has 0 fully saturated rings. The lowest BCUT2D eigenvalue weighted by Gasteiger charge is -2.15. The van der Waals surface area contributed by atoms with Gasteiger partial charge >= 0.3 is 0 Å². The van der Waals surface area contributed by atoms with Crippen LogP contribution in [0.2, 0.25) is 0 Å². The van der Waals surface area contributed by atoms with Crippen LogP contribution in [0.5, 0.6) is 11.5 Å². The van der Waals surface area contributed by atoms with Crippen molar-refractivity contribution >= 4 is 61.4 Å². The summed E-state index contributed by atoms with van der Waals surface area (Å²) >= 11 is 6.49. The van der Waals surface area contributed by atoms with Crippen molar-refractivity contribution in [3.05, 3.63) is 46.4 Å². The second-order valence-corrected chi connectivity index (χ2v) is 10.1. The van der Waals surface area contributed by atoms with Crippen LogP contribution in [0.1, 0.15) is 26.3 Å². The Bertz CT molecular complexity index is 1040. The first-order chi connectivity index (χ1) is 14.4. The van der Waals surface area contributed by atoms with Gasteiger partial charge in [0.05, 0.1) is 39.4 Å². The highest BCUT2D eigenvalue weighted by atomic mass is 79.9. The van der Waals surface area contributed by atoms with E-state index in [1.165, 1.54) is 11.8 Å². The molecule has 0 aliphatic rings. The fraction of sp³-hybridized carbons (Fsp3) is 0.286. The summed E-state index contributed by atoms with van der Waals surface area (Å²) in [7, 11) is 1.58. The summed E-state index contributed by atoms with van der Waals surface area (Å²) in [5, 5.41) is 3.75. The largest absolute Gasteiger partial charge is 0.493 e. The number of hydrogen-bond donors (Lipinski definition) is 1. The predicted octanol–water partition coefficient (Wildman–Crippen LogP) is 5.49. The van der Waals surface area contributed by atoms with Crippen molar-refractivity contribution in [1.82, 2.24) is 10.4 Å². The third-order valence-corrected chi connectivity index (χ3v) is 6.73. The number of rotatable bonds is 8. The highest BCUT2D eigenvalue weighted by Crippen LogP contribution is 2.37. The number of carbonyl (C=O) groups excluding carboxylic acids is 1. The standard InChI is InChI=1S/C21H22BrN3O3S2/c1-12(2)28-19-15(22)9-14(10-17(19)27-4)11-23-25-20(26)13(3)29-21-24-16-7-5-6-8-18(16)30-21/h5-13H,1-4H3,(H,25,26). The van der Waals surface area contributed by atoms with Crippen LogP contribution < -0.4 is 14.9 Å². The molecule has 0 bridgehead atoms. The minimum Gasteiger partial charge on any atom is -0.493 e. The van der Waals surface area contributed by atoms with Gasteiger partial charge in [0.1, 0.15) is 0 Å². The molecule has 1 heterocycles. The van der Waals surface area contributed by atoms with E-state index < -0.39 is 0 Å². The number of carbonyl (C=O) groups is 1. The number of thioether (sulfide) groups is 1. The third kappa shape index (κ3) is 5.74. The molecule has 3 aromatic rings. The molecule has 9 heteroatoms. The number of amides is 1. The van der Waals surface area contributed by atoms with E-state index in [9.17, 15) is 4.79 Å². The molecule has 2 aromatic carbocycles. The predicted molar refractivity (Wildman–Crippen MR) is 127 cm³/mol. The quantitative estimate of drug-likeness (QED) is 0.248. The second-order valence-electron chi connectivity index (χ2n) is 6.64. The number of nitrogens with one attached hydrogen (secondary N) is 1. The van der Waals surface area contributed by atoms with E-state index in [1.54, 1.807) is 30.7 Å². The average molecular weight is 508 g/mol. The SMILES string of the molecule is COc1cc(C=NNC(=O)C(C)Sc2nc3ccccc3s2)cc(Br)c1OC(C)C. The maximum atomic E-state index is 12.4. The lowest BCUT2D eigenvalue weighted by molar-refractivity contribution is -0.120. The van der Waals surface area contributed by atoms with Crippen molar-refractivity contribution in [3.63, 3.8) is 0 Å². The highest BCUT2D eigenvalue weighted by molar-refractivity contribution is 9.10. The highest BCUT2D eigenvalue weighted by Gasteiger charge is 2.17. The molecule has 158 valence electrons. The van der Waals surface area contributed by atoms with Crippen LogP contribution in [0.15, 0.2) is 50.3 Å². The van der Waals surface area contributed by atoms with Gasteiger partial charge in [0, 0.05) is 0 Å². The first-order valence-corrected chi connectivity index (χ1v) is 11.8. The number of ether oxygens (including phenoxy) is 2. The van der Waals surface area contributed by atoms with Crippen molar-refractivity contribution in [1.29, 1.82) is 0 Å². The van der Waals surface area contributed by atoms with E-state index in [0.717, 1.165) is 24.6 Å². The number of hydrogen-bond acceptors (Lipinski definition) is 7. The van der Waals surface area contributed by atoms with E-state index in [2.05, 4.69) is 31.4 Å². The van der Waals surface area contributed by atoms with Gasteiger partial charge in [-0.3, -0.25) is 4.79 Å². The van der Waals surface area contributed by atoms with Crippen LogP contribution in [0.25, 0.3) is 10.2 Å². The number of halogens is 1. The van der Waals surface area contributed by atoms with E-state index in [-0.39, 0.29) is 17.3 Å². The summed E-state index contributed by atoms with van der Waals surface area (Å²) in [6.45, 7) is 5.73. The number of nitrogens with zero attached hydrogens (tertiary/aromatic N) is 2. The smallest absolute Gasteiger partial charge is 0.253 e. The molecule has 1 amide bonds. The molecule has 6 nitrogen and oxygen atoms in total. The topological polar surface area (TPSA) is 72.8 Å². The number of benzene rings is 2. The van der Waals surface area contributed by atoms with Gasteiger partial charge in [-0.2, -0.15) is 5.10 Å². The van der Waals surface area contributed by atoms with Gasteiger partial charge in [0.25, 0.3) is 5.91 Å². The molecule has 1 atom stereocenters. The average Bonchev–Trinajstić information content (AvgIpc) is 3.11. The summed E-state index contributed by atoms with van der Waals surface area (Å²) in [5.74, 6) is 1.03. The lowest BCUT2D eigenvalue weighted by Crippen LogP contribution is -2.26. The molecule has 0 radical (unpaired) electrons. The number of thiazole rings is 1. The molecule has 0 spiro atoms. The van der Waals surface area contributed by atoms with E-state index in [4.69, 9.17) is 9.47 Å². The van der Waals surface area contributed by atoms with Crippen molar-refractivity contribution in [2.75, 3.05) is 7.11 Å². The van der Waals surface area contributed by atoms with Gasteiger partial charge in [-0.05, 0) is 66.5 Å². The number of fused-ring (bicyclic) bond motifs is 1. The minimum atomic E-state index is -0.328. The van der Waals surface area contributed by atoms with Crippen molar-refractivity contribution < 1.29 is 14.3 Å². The molecule has 3 rings (SSSR count). The zero-order valence-corrected chi connectivity index (χ0v) is 20.2. The number of hydrazone groups is 1. The summed E-state index contributed by atoms with van der Waals surface area (Å²) in [6.07, 6.45) is 1.59. The molecular formula is C21H22BrN3O3S2. The Kier molecular flexibility index (Phi) is 7.74. The van der Waals surface area contributed by atoms with E-state index >= 15 is 0 Å². The first-order valence-electron chi connectivity index (χ1n) is 9.26. The Balaban J connectivity index is 1.62. The number of methoxy groups -OCH3 is 1. The molecule has 1 aromatic heterocycles. The fourth-order valence-corrected chi connectivity index (χ4v) is 5.29. The Morgan fingerprint density at radius 3 is 2.77 bits per heavy atom. The molecular weight excluding hydrogens is 486 g/mol. The zero-order chi connectivity index (χ0) is 21.7. The monoisotopic (exact) mass is 507 g/mol. The van der Waals surface area contributed by atoms with Crippen LogP contribution in [-0.4, -0.2) is 35.6 Å². The zero-order valence-electron chi connectivity index (χ0n) is 17.0. The maximum absolute atomic E-state index is 12.4. The maximum Gasteiger partial charge on any atom is 0.253 e. The van der Waals surface area contributed by atoms with Gasteiger partial charge < -0.3 is 9.47 Å². The number of aromatic nitrogens is 1. The normalized spacial score (nSPS) is 12.5. The molecule has 1 N–H and O–H groups in total. The van der Waals surface area contributed by atoms with Crippen LogP contribution in [0.4, 0.5) is 0 Å². The van der Waals surface area contributed by atoms with Crippen LogP contribution >= 0.6 is 39.0 Å². The van der Waals surface area contributed by atoms with Crippen molar-refractivity contribution in [3.8, 4) is 11.5 Å². The van der Waals surface area contributed by atoms with Gasteiger partial charge in [-0.1, -0.05) is 23.9 Å². The first kappa shape index (κ1) is 22.6. The van der Waals surface area contributed by atoms with Gasteiger partial charge in [0.15, 0.2) is 15.8 Å². The minimum absolute atomic E-state index is 0.0171. The molecule has 1 unspecified atom stereocenters. The second kappa shape index (κ2) is 10.3. The summed E-state index contributed by atoms with van der Waals surface area (Å²) < 4.78 is 13.9.